The van der Waals surface area contributed by atoms with Crippen LogP contribution in [-0.2, 0) is 4.74 Å². The van der Waals surface area contributed by atoms with Gasteiger partial charge in [0.25, 0.3) is 0 Å². The van der Waals surface area contributed by atoms with Crippen LogP contribution in [0.25, 0.3) is 0 Å². The number of pyridine rings is 1. The molecule has 1 N–H and O–H groups in total. The highest BCUT2D eigenvalue weighted by atomic mass is 16.5. The molecule has 3 amide bonds. The van der Waals surface area contributed by atoms with Crippen LogP contribution in [0.3, 0.4) is 0 Å². The number of aromatic nitrogens is 1. The molecule has 0 atom stereocenters. The molecule has 0 aliphatic carbocycles. The van der Waals surface area contributed by atoms with Gasteiger partial charge in [0.05, 0.1) is 12.3 Å². The number of rotatable bonds is 3. The van der Waals surface area contributed by atoms with Gasteiger partial charge in [0.2, 0.25) is 0 Å². The molecule has 1 aromatic carbocycles. The van der Waals surface area contributed by atoms with Gasteiger partial charge in [0.15, 0.2) is 0 Å². The number of alkyl carbamates (subject to hydrolysis) is 1. The summed E-state index contributed by atoms with van der Waals surface area (Å²) in [5.41, 5.74) is 1.67. The van der Waals surface area contributed by atoms with Crippen molar-refractivity contribution in [1.82, 2.24) is 10.3 Å². The normalized spacial score (nSPS) is 9.91. The molecule has 1 heterocycles. The standard InChI is InChI=1S/C16H17N3O3/c1-3-22-16(21)18-15(20)19(14-6-4-5-11-17-14)13-9-7-12(2)8-10-13/h4-11H,3H2,1-2H3,(H,18,20,21). The van der Waals surface area contributed by atoms with Gasteiger partial charge in [-0.1, -0.05) is 23.8 Å². The van der Waals surface area contributed by atoms with Crippen molar-refractivity contribution in [2.45, 2.75) is 13.8 Å². The van der Waals surface area contributed by atoms with Crippen LogP contribution in [0.1, 0.15) is 12.5 Å². The Balaban J connectivity index is 2.32. The van der Waals surface area contributed by atoms with E-state index in [1.54, 1.807) is 43.5 Å². The number of hydrogen-bond donors (Lipinski definition) is 1. The van der Waals surface area contributed by atoms with Crippen molar-refractivity contribution in [2.24, 2.45) is 0 Å². The molecule has 0 fully saturated rings. The monoisotopic (exact) mass is 299 g/mol. The zero-order valence-corrected chi connectivity index (χ0v) is 12.4. The van der Waals surface area contributed by atoms with E-state index in [9.17, 15) is 9.59 Å². The fourth-order valence-corrected chi connectivity index (χ4v) is 1.84. The fraction of sp³-hybridized carbons (Fsp3) is 0.188. The number of ether oxygens (including phenoxy) is 1. The lowest BCUT2D eigenvalue weighted by atomic mass is 10.2. The van der Waals surface area contributed by atoms with Crippen molar-refractivity contribution >= 4 is 23.6 Å². The third kappa shape index (κ3) is 3.82. The number of anilines is 2. The molecule has 2 rings (SSSR count). The molecule has 0 unspecified atom stereocenters. The summed E-state index contributed by atoms with van der Waals surface area (Å²) in [5, 5.41) is 2.18. The second-order valence-electron chi connectivity index (χ2n) is 4.51. The Hall–Kier alpha value is -2.89. The lowest BCUT2D eigenvalue weighted by Crippen LogP contribution is -2.41. The summed E-state index contributed by atoms with van der Waals surface area (Å²) < 4.78 is 4.74. The van der Waals surface area contributed by atoms with Crippen LogP contribution in [0.2, 0.25) is 0 Å². The molecular weight excluding hydrogens is 282 g/mol. The van der Waals surface area contributed by atoms with Gasteiger partial charge in [-0.2, -0.15) is 0 Å². The maximum Gasteiger partial charge on any atom is 0.415 e. The number of aryl methyl sites for hydroxylation is 1. The summed E-state index contributed by atoms with van der Waals surface area (Å²) in [6, 6.07) is 11.9. The van der Waals surface area contributed by atoms with Crippen molar-refractivity contribution in [3.05, 3.63) is 54.2 Å². The largest absolute Gasteiger partial charge is 0.450 e. The predicted octanol–water partition coefficient (Wildman–Crippen LogP) is 3.39. The van der Waals surface area contributed by atoms with Crippen molar-refractivity contribution in [1.29, 1.82) is 0 Å². The quantitative estimate of drug-likeness (QED) is 0.943. The van der Waals surface area contributed by atoms with E-state index in [4.69, 9.17) is 4.74 Å². The van der Waals surface area contributed by atoms with Gasteiger partial charge in [-0.3, -0.25) is 0 Å². The van der Waals surface area contributed by atoms with Crippen molar-refractivity contribution in [3.63, 3.8) is 0 Å². The first kappa shape index (κ1) is 15.5. The minimum atomic E-state index is -0.791. The summed E-state index contributed by atoms with van der Waals surface area (Å²) in [4.78, 5) is 29.3. The first-order valence-corrected chi connectivity index (χ1v) is 6.87. The number of amides is 3. The number of carbonyl (C=O) groups is 2. The van der Waals surface area contributed by atoms with Gasteiger partial charge in [0.1, 0.15) is 5.82 Å². The second-order valence-corrected chi connectivity index (χ2v) is 4.51. The molecule has 0 saturated heterocycles. The van der Waals surface area contributed by atoms with Crippen LogP contribution >= 0.6 is 0 Å². The molecule has 0 spiro atoms. The molecular formula is C16H17N3O3. The van der Waals surface area contributed by atoms with E-state index in [1.807, 2.05) is 19.1 Å². The average molecular weight is 299 g/mol. The molecule has 0 aliphatic rings. The maximum absolute atomic E-state index is 12.4. The van der Waals surface area contributed by atoms with Crippen LogP contribution in [0.5, 0.6) is 0 Å². The third-order valence-electron chi connectivity index (χ3n) is 2.86. The predicted molar refractivity (Wildman–Crippen MR) is 83.1 cm³/mol. The van der Waals surface area contributed by atoms with Gasteiger partial charge in [-0.05, 0) is 38.1 Å². The molecule has 22 heavy (non-hydrogen) atoms. The Bertz CT molecular complexity index is 641. The Morgan fingerprint density at radius 1 is 1.18 bits per heavy atom. The number of nitrogens with one attached hydrogen (secondary N) is 1. The molecule has 6 heteroatoms. The van der Waals surface area contributed by atoms with E-state index in [0.29, 0.717) is 11.5 Å². The Kier molecular flexibility index (Phi) is 5.08. The minimum absolute atomic E-state index is 0.188. The first-order chi connectivity index (χ1) is 10.6. The average Bonchev–Trinajstić information content (AvgIpc) is 2.51. The highest BCUT2D eigenvalue weighted by Crippen LogP contribution is 2.23. The number of hydrogen-bond acceptors (Lipinski definition) is 4. The summed E-state index contributed by atoms with van der Waals surface area (Å²) in [5.74, 6) is 0.410. The van der Waals surface area contributed by atoms with Crippen molar-refractivity contribution in [3.8, 4) is 0 Å². The molecule has 114 valence electrons. The zero-order chi connectivity index (χ0) is 15.9. The lowest BCUT2D eigenvalue weighted by Gasteiger charge is -2.21. The van der Waals surface area contributed by atoms with Crippen molar-refractivity contribution in [2.75, 3.05) is 11.5 Å². The SMILES string of the molecule is CCOC(=O)NC(=O)N(c1ccc(C)cc1)c1ccccn1. The topological polar surface area (TPSA) is 71.5 Å². The Morgan fingerprint density at radius 2 is 1.91 bits per heavy atom. The molecule has 0 saturated carbocycles. The van der Waals surface area contributed by atoms with Gasteiger partial charge in [0, 0.05) is 6.20 Å². The van der Waals surface area contributed by atoms with Gasteiger partial charge in [-0.15, -0.1) is 0 Å². The first-order valence-electron chi connectivity index (χ1n) is 6.87. The van der Waals surface area contributed by atoms with Gasteiger partial charge >= 0.3 is 12.1 Å². The fourth-order valence-electron chi connectivity index (χ4n) is 1.84. The summed E-state index contributed by atoms with van der Waals surface area (Å²) in [7, 11) is 0. The third-order valence-corrected chi connectivity index (χ3v) is 2.86. The number of imide groups is 1. The molecule has 0 aliphatic heterocycles. The highest BCUT2D eigenvalue weighted by Gasteiger charge is 2.21. The van der Waals surface area contributed by atoms with E-state index in [-0.39, 0.29) is 6.61 Å². The number of nitrogens with zero attached hydrogens (tertiary/aromatic N) is 2. The van der Waals surface area contributed by atoms with Gasteiger partial charge < -0.3 is 4.74 Å². The summed E-state index contributed by atoms with van der Waals surface area (Å²) >= 11 is 0. The summed E-state index contributed by atoms with van der Waals surface area (Å²) in [6.45, 7) is 3.81. The van der Waals surface area contributed by atoms with E-state index < -0.39 is 12.1 Å². The summed E-state index contributed by atoms with van der Waals surface area (Å²) in [6.07, 6.45) is 0.786. The molecule has 2 aromatic rings. The van der Waals surface area contributed by atoms with Crippen LogP contribution < -0.4 is 10.2 Å². The van der Waals surface area contributed by atoms with E-state index >= 15 is 0 Å². The van der Waals surface area contributed by atoms with E-state index in [2.05, 4.69) is 10.3 Å². The van der Waals surface area contributed by atoms with Gasteiger partial charge in [-0.25, -0.2) is 24.8 Å². The lowest BCUT2D eigenvalue weighted by molar-refractivity contribution is 0.153. The molecule has 1 aromatic heterocycles. The molecule has 6 nitrogen and oxygen atoms in total. The van der Waals surface area contributed by atoms with Crippen molar-refractivity contribution < 1.29 is 14.3 Å². The Morgan fingerprint density at radius 3 is 2.50 bits per heavy atom. The Labute approximate surface area is 128 Å². The second kappa shape index (κ2) is 7.21. The number of urea groups is 1. The van der Waals surface area contributed by atoms with Crippen LogP contribution in [0, 0.1) is 6.92 Å². The molecule has 0 bridgehead atoms. The van der Waals surface area contributed by atoms with E-state index in [1.165, 1.54) is 4.90 Å². The zero-order valence-electron chi connectivity index (χ0n) is 12.4. The van der Waals surface area contributed by atoms with Crippen LogP contribution in [-0.4, -0.2) is 23.7 Å². The van der Waals surface area contributed by atoms with E-state index in [0.717, 1.165) is 5.56 Å². The minimum Gasteiger partial charge on any atom is -0.450 e. The maximum atomic E-state index is 12.4. The highest BCUT2D eigenvalue weighted by molar-refractivity contribution is 6.04. The smallest absolute Gasteiger partial charge is 0.415 e. The number of carbonyl (C=O) groups excluding carboxylic acids is 2. The number of benzene rings is 1. The van der Waals surface area contributed by atoms with Crippen LogP contribution in [0.15, 0.2) is 48.7 Å². The van der Waals surface area contributed by atoms with Crippen LogP contribution in [0.4, 0.5) is 21.1 Å². The molecule has 0 radical (unpaired) electrons.